The number of aromatic nitrogens is 2. The number of nitrogens with zero attached hydrogens (tertiary/aromatic N) is 2. The van der Waals surface area contributed by atoms with Crippen LogP contribution in [0.25, 0.3) is 11.0 Å². The van der Waals surface area contributed by atoms with E-state index < -0.39 is 8.38 Å². The van der Waals surface area contributed by atoms with Crippen molar-refractivity contribution < 1.29 is 9.05 Å². The molecule has 0 saturated heterocycles. The third kappa shape index (κ3) is 4.89. The normalized spacial score (nSPS) is 11.6. The van der Waals surface area contributed by atoms with Crippen molar-refractivity contribution >= 4 is 31.0 Å². The van der Waals surface area contributed by atoms with E-state index >= 15 is 0 Å². The van der Waals surface area contributed by atoms with E-state index in [1.54, 1.807) is 0 Å². The van der Waals surface area contributed by atoms with E-state index in [4.69, 9.17) is 25.6 Å². The highest BCUT2D eigenvalue weighted by Gasteiger charge is 2.18. The molecule has 1 heterocycles. The molecular formula is C21H26ClN2O2P. The molecule has 3 aromatic rings. The molecule has 0 fully saturated rings. The molecule has 3 rings (SSSR count). The summed E-state index contributed by atoms with van der Waals surface area (Å²) in [6, 6.07) is 12.4. The Hall–Kier alpha value is -1.45. The summed E-state index contributed by atoms with van der Waals surface area (Å²) in [5.41, 5.74) is 5.87. The molecule has 0 radical (unpaired) electrons. The second-order valence-electron chi connectivity index (χ2n) is 6.49. The van der Waals surface area contributed by atoms with Crippen LogP contribution in [0, 0.1) is 13.8 Å². The average Bonchev–Trinajstić information content (AvgIpc) is 2.94. The number of aryl methyl sites for hydroxylation is 2. The van der Waals surface area contributed by atoms with Gasteiger partial charge in [0.2, 0.25) is 0 Å². The monoisotopic (exact) mass is 404 g/mol. The second-order valence-corrected chi connectivity index (χ2v) is 8.43. The predicted octanol–water partition coefficient (Wildman–Crippen LogP) is 6.24. The maximum absolute atomic E-state index is 6.05. The summed E-state index contributed by atoms with van der Waals surface area (Å²) in [6.45, 7) is 10.3. The molecule has 27 heavy (non-hydrogen) atoms. The zero-order chi connectivity index (χ0) is 19.4. The van der Waals surface area contributed by atoms with Gasteiger partial charge in [-0.05, 0) is 68.7 Å². The summed E-state index contributed by atoms with van der Waals surface area (Å²) in [5, 5.41) is 0.747. The molecule has 0 saturated carbocycles. The van der Waals surface area contributed by atoms with Crippen molar-refractivity contribution in [1.29, 1.82) is 0 Å². The topological polar surface area (TPSA) is 36.3 Å². The van der Waals surface area contributed by atoms with Gasteiger partial charge in [-0.15, -0.1) is 0 Å². The number of rotatable bonds is 8. The Bertz CT molecular complexity index is 903. The van der Waals surface area contributed by atoms with Crippen LogP contribution in [0.1, 0.15) is 36.4 Å². The van der Waals surface area contributed by atoms with Crippen LogP contribution in [0.5, 0.6) is 0 Å². The smallest absolute Gasteiger partial charge is 0.178 e. The fraction of sp³-hybridized carbons (Fsp3) is 0.381. The SMILES string of the molecule is CCOP(Cc1nc2cc(C)c(C)cc2n1Cc1ccc(Cl)cc1)OCC. The Kier molecular flexibility index (Phi) is 6.88. The molecule has 2 aromatic carbocycles. The number of fused-ring (bicyclic) bond motifs is 1. The van der Waals surface area contributed by atoms with Gasteiger partial charge >= 0.3 is 0 Å². The Labute approximate surface area is 167 Å². The average molecular weight is 405 g/mol. The quantitative estimate of drug-likeness (QED) is 0.417. The summed E-state index contributed by atoms with van der Waals surface area (Å²) >= 11 is 6.05. The Morgan fingerprint density at radius 1 is 1.00 bits per heavy atom. The fourth-order valence-electron chi connectivity index (χ4n) is 3.03. The Balaban J connectivity index is 2.03. The van der Waals surface area contributed by atoms with Crippen LogP contribution in [0.15, 0.2) is 36.4 Å². The van der Waals surface area contributed by atoms with Crippen LogP contribution in [0.4, 0.5) is 0 Å². The lowest BCUT2D eigenvalue weighted by Crippen LogP contribution is -2.06. The van der Waals surface area contributed by atoms with Crippen molar-refractivity contribution in [3.8, 4) is 0 Å². The first-order valence-electron chi connectivity index (χ1n) is 9.26. The molecule has 6 heteroatoms. The van der Waals surface area contributed by atoms with Crippen molar-refractivity contribution in [3.63, 3.8) is 0 Å². The molecule has 144 valence electrons. The van der Waals surface area contributed by atoms with Crippen LogP contribution in [-0.4, -0.2) is 22.8 Å². The minimum Gasteiger partial charge on any atom is -0.334 e. The van der Waals surface area contributed by atoms with Gasteiger partial charge in [-0.3, -0.25) is 0 Å². The number of imidazole rings is 1. The minimum absolute atomic E-state index is 0.640. The lowest BCUT2D eigenvalue weighted by molar-refractivity contribution is 0.268. The highest BCUT2D eigenvalue weighted by atomic mass is 35.5. The molecule has 0 aliphatic heterocycles. The lowest BCUT2D eigenvalue weighted by atomic mass is 10.1. The van der Waals surface area contributed by atoms with E-state index in [-0.39, 0.29) is 0 Å². The molecule has 0 amide bonds. The highest BCUT2D eigenvalue weighted by molar-refractivity contribution is 7.46. The summed E-state index contributed by atoms with van der Waals surface area (Å²) in [6.07, 6.45) is 0.678. The first-order chi connectivity index (χ1) is 13.0. The highest BCUT2D eigenvalue weighted by Crippen LogP contribution is 2.42. The van der Waals surface area contributed by atoms with E-state index in [1.165, 1.54) is 16.7 Å². The van der Waals surface area contributed by atoms with Gasteiger partial charge in [-0.2, -0.15) is 0 Å². The van der Waals surface area contributed by atoms with Crippen LogP contribution < -0.4 is 0 Å². The van der Waals surface area contributed by atoms with Gasteiger partial charge in [-0.1, -0.05) is 23.7 Å². The molecule has 0 aliphatic carbocycles. The molecule has 0 unspecified atom stereocenters. The first-order valence-corrected chi connectivity index (χ1v) is 11.0. The summed E-state index contributed by atoms with van der Waals surface area (Å²) < 4.78 is 13.9. The van der Waals surface area contributed by atoms with Gasteiger partial charge in [0.1, 0.15) is 5.82 Å². The number of hydrogen-bond acceptors (Lipinski definition) is 3. The van der Waals surface area contributed by atoms with Gasteiger partial charge in [0.25, 0.3) is 0 Å². The van der Waals surface area contributed by atoms with Crippen molar-refractivity contribution in [1.82, 2.24) is 9.55 Å². The summed E-state index contributed by atoms with van der Waals surface area (Å²) in [5.74, 6) is 0.998. The third-order valence-corrected chi connectivity index (χ3v) is 6.40. The molecule has 0 aliphatic rings. The van der Waals surface area contributed by atoms with Gasteiger partial charge in [0.15, 0.2) is 8.38 Å². The van der Waals surface area contributed by atoms with Gasteiger partial charge in [-0.25, -0.2) is 4.98 Å². The van der Waals surface area contributed by atoms with Crippen LogP contribution in [-0.2, 0) is 21.8 Å². The zero-order valence-corrected chi connectivity index (χ0v) is 18.0. The molecule has 0 atom stereocenters. The standard InChI is InChI=1S/C21H26ClN2O2P/c1-5-25-27(26-6-2)14-21-23-19-11-15(3)16(4)12-20(19)24(21)13-17-7-9-18(22)10-8-17/h7-12H,5-6,13-14H2,1-4H3. The Morgan fingerprint density at radius 3 is 2.26 bits per heavy atom. The molecule has 0 N–H and O–H groups in total. The molecule has 0 spiro atoms. The number of halogens is 1. The maximum Gasteiger partial charge on any atom is 0.178 e. The van der Waals surface area contributed by atoms with Crippen LogP contribution in [0.2, 0.25) is 5.02 Å². The van der Waals surface area contributed by atoms with E-state index in [9.17, 15) is 0 Å². The van der Waals surface area contributed by atoms with Gasteiger partial charge < -0.3 is 13.6 Å². The first kappa shape index (κ1) is 20.3. The summed E-state index contributed by atoms with van der Waals surface area (Å²) in [7, 11) is -0.990. The van der Waals surface area contributed by atoms with E-state index in [0.29, 0.717) is 19.4 Å². The van der Waals surface area contributed by atoms with Crippen molar-refractivity contribution in [2.45, 2.75) is 40.4 Å². The predicted molar refractivity (Wildman–Crippen MR) is 114 cm³/mol. The van der Waals surface area contributed by atoms with E-state index in [0.717, 1.165) is 28.4 Å². The summed E-state index contributed by atoms with van der Waals surface area (Å²) in [4.78, 5) is 4.93. The maximum atomic E-state index is 6.05. The van der Waals surface area contributed by atoms with Gasteiger partial charge in [0.05, 0.1) is 30.4 Å². The van der Waals surface area contributed by atoms with Crippen LogP contribution in [0.3, 0.4) is 0 Å². The molecule has 4 nitrogen and oxygen atoms in total. The van der Waals surface area contributed by atoms with Crippen molar-refractivity contribution in [3.05, 3.63) is 63.9 Å². The van der Waals surface area contributed by atoms with E-state index in [2.05, 4.69) is 42.7 Å². The molecule has 0 bridgehead atoms. The molecular weight excluding hydrogens is 379 g/mol. The van der Waals surface area contributed by atoms with Crippen molar-refractivity contribution in [2.75, 3.05) is 13.2 Å². The number of hydrogen-bond donors (Lipinski definition) is 0. The second kappa shape index (κ2) is 9.16. The number of benzene rings is 2. The van der Waals surface area contributed by atoms with E-state index in [1.807, 2.05) is 26.0 Å². The largest absolute Gasteiger partial charge is 0.334 e. The van der Waals surface area contributed by atoms with Crippen LogP contribution >= 0.6 is 20.0 Å². The fourth-order valence-corrected chi connectivity index (χ4v) is 4.46. The lowest BCUT2D eigenvalue weighted by Gasteiger charge is -2.17. The Morgan fingerprint density at radius 2 is 1.63 bits per heavy atom. The van der Waals surface area contributed by atoms with Crippen molar-refractivity contribution in [2.24, 2.45) is 0 Å². The molecule has 1 aromatic heterocycles. The zero-order valence-electron chi connectivity index (χ0n) is 16.3. The minimum atomic E-state index is -0.990. The van der Waals surface area contributed by atoms with Gasteiger partial charge in [0, 0.05) is 11.6 Å². The third-order valence-electron chi connectivity index (χ3n) is 4.51.